The van der Waals surface area contributed by atoms with Gasteiger partial charge in [0.1, 0.15) is 5.71 Å². The van der Waals surface area contributed by atoms with Crippen LogP contribution in [0.4, 0.5) is 0 Å². The van der Waals surface area contributed by atoms with Crippen molar-refractivity contribution < 1.29 is 18.0 Å². The van der Waals surface area contributed by atoms with Gasteiger partial charge in [-0.3, -0.25) is 9.59 Å². The van der Waals surface area contributed by atoms with Crippen molar-refractivity contribution in [1.82, 2.24) is 10.3 Å². The molecule has 19 heavy (non-hydrogen) atoms. The lowest BCUT2D eigenvalue weighted by molar-refractivity contribution is -0.130. The molecule has 2 aliphatic heterocycles. The number of carbonyl (C=O) groups is 2. The molecule has 2 rings (SSSR count). The van der Waals surface area contributed by atoms with E-state index in [-0.39, 0.29) is 41.9 Å². The van der Waals surface area contributed by atoms with E-state index >= 15 is 0 Å². The maximum absolute atomic E-state index is 12.0. The van der Waals surface area contributed by atoms with Crippen molar-refractivity contribution >= 4 is 27.4 Å². The molecule has 1 saturated heterocycles. The summed E-state index contributed by atoms with van der Waals surface area (Å²) in [4.78, 5) is 23.3. The average molecular weight is 287 g/mol. The Bertz CT molecular complexity index is 554. The standard InChI is InChI=1S/C11H17N3O4S/c1-11(5-6-19(17,18)7-11)12-10(16)8-3-4-9(15)14(2)13-8/h3-7H2,1-2H3,(H,12,16). The molecule has 8 heteroatoms. The van der Waals surface area contributed by atoms with Crippen molar-refractivity contribution in [3.8, 4) is 0 Å². The monoisotopic (exact) mass is 287 g/mol. The van der Waals surface area contributed by atoms with Gasteiger partial charge < -0.3 is 5.32 Å². The second kappa shape index (κ2) is 4.59. The minimum absolute atomic E-state index is 0.0478. The molecular formula is C11H17N3O4S. The SMILES string of the molecule is CN1N=C(C(=O)NC2(C)CCS(=O)(=O)C2)CCC1=O. The molecule has 2 heterocycles. The third-order valence-electron chi connectivity index (χ3n) is 3.39. The fraction of sp³-hybridized carbons (Fsp3) is 0.727. The van der Waals surface area contributed by atoms with Crippen LogP contribution in [-0.4, -0.2) is 55.0 Å². The number of sulfone groups is 1. The molecule has 2 amide bonds. The Morgan fingerprint density at radius 3 is 2.63 bits per heavy atom. The summed E-state index contributed by atoms with van der Waals surface area (Å²) >= 11 is 0. The first-order valence-corrected chi connectivity index (χ1v) is 7.90. The summed E-state index contributed by atoms with van der Waals surface area (Å²) in [5, 5.41) is 7.79. The molecule has 1 N–H and O–H groups in total. The number of hydrogen-bond donors (Lipinski definition) is 1. The zero-order valence-corrected chi connectivity index (χ0v) is 11.8. The molecule has 0 aromatic carbocycles. The Labute approximate surface area is 112 Å². The highest BCUT2D eigenvalue weighted by molar-refractivity contribution is 7.91. The van der Waals surface area contributed by atoms with Crippen molar-refractivity contribution in [2.75, 3.05) is 18.6 Å². The zero-order chi connectivity index (χ0) is 14.3. The van der Waals surface area contributed by atoms with Gasteiger partial charge in [-0.05, 0) is 13.3 Å². The van der Waals surface area contributed by atoms with Crippen LogP contribution in [0.2, 0.25) is 0 Å². The van der Waals surface area contributed by atoms with Crippen molar-refractivity contribution in [1.29, 1.82) is 0 Å². The highest BCUT2D eigenvalue weighted by Gasteiger charge is 2.40. The van der Waals surface area contributed by atoms with Gasteiger partial charge in [0.05, 0.1) is 17.0 Å². The quantitative estimate of drug-likeness (QED) is 0.725. The van der Waals surface area contributed by atoms with Crippen molar-refractivity contribution in [2.45, 2.75) is 31.7 Å². The number of carbonyl (C=O) groups excluding carboxylic acids is 2. The smallest absolute Gasteiger partial charge is 0.267 e. The highest BCUT2D eigenvalue weighted by atomic mass is 32.2. The van der Waals surface area contributed by atoms with Crippen LogP contribution in [0.3, 0.4) is 0 Å². The molecule has 7 nitrogen and oxygen atoms in total. The van der Waals surface area contributed by atoms with Gasteiger partial charge in [0.15, 0.2) is 9.84 Å². The summed E-state index contributed by atoms with van der Waals surface area (Å²) in [6, 6.07) is 0. The summed E-state index contributed by atoms with van der Waals surface area (Å²) in [5.74, 6) is -0.479. The van der Waals surface area contributed by atoms with Crippen LogP contribution in [-0.2, 0) is 19.4 Å². The molecule has 0 aromatic rings. The van der Waals surface area contributed by atoms with E-state index in [9.17, 15) is 18.0 Å². The van der Waals surface area contributed by atoms with Gasteiger partial charge in [0.25, 0.3) is 5.91 Å². The predicted molar refractivity (Wildman–Crippen MR) is 69.3 cm³/mol. The zero-order valence-electron chi connectivity index (χ0n) is 11.0. The Morgan fingerprint density at radius 1 is 1.42 bits per heavy atom. The Hall–Kier alpha value is -1.44. The molecular weight excluding hydrogens is 270 g/mol. The van der Waals surface area contributed by atoms with Crippen LogP contribution in [0.5, 0.6) is 0 Å². The number of nitrogens with zero attached hydrogens (tertiary/aromatic N) is 2. The van der Waals surface area contributed by atoms with Crippen LogP contribution < -0.4 is 5.32 Å². The molecule has 0 aromatic heterocycles. The maximum atomic E-state index is 12.0. The maximum Gasteiger partial charge on any atom is 0.267 e. The highest BCUT2D eigenvalue weighted by Crippen LogP contribution is 2.23. The van der Waals surface area contributed by atoms with Gasteiger partial charge in [-0.25, -0.2) is 13.4 Å². The molecule has 0 bridgehead atoms. The van der Waals surface area contributed by atoms with E-state index in [1.807, 2.05) is 0 Å². The largest absolute Gasteiger partial charge is 0.345 e. The van der Waals surface area contributed by atoms with Gasteiger partial charge in [0.2, 0.25) is 5.91 Å². The molecule has 0 spiro atoms. The van der Waals surface area contributed by atoms with Gasteiger partial charge in [-0.2, -0.15) is 5.10 Å². The van der Waals surface area contributed by atoms with E-state index in [0.717, 1.165) is 5.01 Å². The van der Waals surface area contributed by atoms with Gasteiger partial charge in [-0.1, -0.05) is 0 Å². The topological polar surface area (TPSA) is 95.9 Å². The summed E-state index contributed by atoms with van der Waals surface area (Å²) < 4.78 is 22.9. The van der Waals surface area contributed by atoms with Crippen LogP contribution in [0, 0.1) is 0 Å². The van der Waals surface area contributed by atoms with E-state index in [2.05, 4.69) is 10.4 Å². The third-order valence-corrected chi connectivity index (χ3v) is 5.29. The second-order valence-corrected chi connectivity index (χ2v) is 7.50. The predicted octanol–water partition coefficient (Wildman–Crippen LogP) is -0.712. The minimum atomic E-state index is -3.07. The molecule has 1 atom stereocenters. The first kappa shape index (κ1) is 14.0. The molecule has 0 saturated carbocycles. The number of rotatable bonds is 2. The van der Waals surface area contributed by atoms with Gasteiger partial charge in [-0.15, -0.1) is 0 Å². The molecule has 106 valence electrons. The van der Waals surface area contributed by atoms with E-state index in [4.69, 9.17) is 0 Å². The van der Waals surface area contributed by atoms with Crippen LogP contribution in [0.25, 0.3) is 0 Å². The molecule has 2 aliphatic rings. The summed E-state index contributed by atoms with van der Waals surface area (Å²) in [7, 11) is -1.57. The van der Waals surface area contributed by atoms with Crippen LogP contribution in [0.1, 0.15) is 26.2 Å². The van der Waals surface area contributed by atoms with Gasteiger partial charge in [0, 0.05) is 19.9 Å². The minimum Gasteiger partial charge on any atom is -0.345 e. The summed E-state index contributed by atoms with van der Waals surface area (Å²) in [6.45, 7) is 1.72. The lowest BCUT2D eigenvalue weighted by Crippen LogP contribution is -2.50. The van der Waals surface area contributed by atoms with E-state index < -0.39 is 15.4 Å². The number of amides is 2. The average Bonchev–Trinajstić information content (AvgIpc) is 2.56. The Kier molecular flexibility index (Phi) is 3.38. The lowest BCUT2D eigenvalue weighted by Gasteiger charge is -2.26. The normalized spacial score (nSPS) is 30.1. The van der Waals surface area contributed by atoms with Gasteiger partial charge >= 0.3 is 0 Å². The van der Waals surface area contributed by atoms with Crippen molar-refractivity contribution in [2.24, 2.45) is 5.10 Å². The van der Waals surface area contributed by atoms with Crippen LogP contribution >= 0.6 is 0 Å². The molecule has 1 unspecified atom stereocenters. The first-order chi connectivity index (χ1) is 8.71. The molecule has 0 radical (unpaired) electrons. The first-order valence-electron chi connectivity index (χ1n) is 6.08. The third kappa shape index (κ3) is 3.12. The lowest BCUT2D eigenvalue weighted by atomic mass is 10.0. The van der Waals surface area contributed by atoms with E-state index in [1.54, 1.807) is 6.92 Å². The van der Waals surface area contributed by atoms with Crippen LogP contribution in [0.15, 0.2) is 5.10 Å². The number of hydrogen-bond acceptors (Lipinski definition) is 5. The fourth-order valence-electron chi connectivity index (χ4n) is 2.29. The fourth-order valence-corrected chi connectivity index (χ4v) is 4.38. The molecule has 1 fully saturated rings. The Balaban J connectivity index is 2.06. The molecule has 0 aliphatic carbocycles. The number of nitrogens with one attached hydrogen (secondary N) is 1. The summed E-state index contributed by atoms with van der Waals surface area (Å²) in [5.41, 5.74) is -0.467. The van der Waals surface area contributed by atoms with Crippen molar-refractivity contribution in [3.05, 3.63) is 0 Å². The van der Waals surface area contributed by atoms with Crippen molar-refractivity contribution in [3.63, 3.8) is 0 Å². The van der Waals surface area contributed by atoms with E-state index in [1.165, 1.54) is 7.05 Å². The number of hydrazone groups is 1. The Morgan fingerprint density at radius 2 is 2.11 bits per heavy atom. The van der Waals surface area contributed by atoms with E-state index in [0.29, 0.717) is 6.42 Å². The second-order valence-electron chi connectivity index (χ2n) is 5.32. The summed E-state index contributed by atoms with van der Waals surface area (Å²) in [6.07, 6.45) is 0.943.